The molecule has 0 bridgehead atoms. The molecule has 0 fully saturated rings. The number of allylic oxidation sites excluding steroid dienone is 2. The molecule has 0 aromatic rings. The van der Waals surface area contributed by atoms with E-state index in [4.69, 9.17) is 5.73 Å². The zero-order valence-corrected chi connectivity index (χ0v) is 8.50. The van der Waals surface area contributed by atoms with E-state index in [0.717, 1.165) is 12.1 Å². The van der Waals surface area contributed by atoms with Crippen LogP contribution in [0.25, 0.3) is 0 Å². The minimum absolute atomic E-state index is 0.257. The monoisotopic (exact) mass is 194 g/mol. The molecule has 1 unspecified atom stereocenters. The lowest BCUT2D eigenvalue weighted by Crippen LogP contribution is -1.97. The summed E-state index contributed by atoms with van der Waals surface area (Å²) in [6.07, 6.45) is 9.01. The number of thioether (sulfide) groups is 1. The molecule has 0 aliphatic carbocycles. The van der Waals surface area contributed by atoms with E-state index in [2.05, 4.69) is 17.1 Å². The Balaban J connectivity index is 2.65. The lowest BCUT2D eigenvalue weighted by molar-refractivity contribution is 0.840. The molecule has 0 spiro atoms. The molecule has 0 saturated heterocycles. The van der Waals surface area contributed by atoms with Gasteiger partial charge < -0.3 is 5.73 Å². The Morgan fingerprint density at radius 3 is 3.31 bits per heavy atom. The number of rotatable bonds is 1. The van der Waals surface area contributed by atoms with Crippen LogP contribution in [0.3, 0.4) is 0 Å². The van der Waals surface area contributed by atoms with Gasteiger partial charge in [-0.3, -0.25) is 4.99 Å². The molecule has 1 heterocycles. The maximum absolute atomic E-state index is 5.67. The van der Waals surface area contributed by atoms with Gasteiger partial charge in [0, 0.05) is 5.70 Å². The molecular formula is C10H14N2S. The van der Waals surface area contributed by atoms with Crippen LogP contribution in [0.1, 0.15) is 13.3 Å². The lowest BCUT2D eigenvalue weighted by Gasteiger charge is -2.01. The summed E-state index contributed by atoms with van der Waals surface area (Å²) < 4.78 is 0. The average Bonchev–Trinajstić information content (AvgIpc) is 2.20. The van der Waals surface area contributed by atoms with Crippen molar-refractivity contribution in [1.29, 1.82) is 0 Å². The molecule has 2 nitrogen and oxygen atoms in total. The fourth-order valence-corrected chi connectivity index (χ4v) is 1.54. The normalized spacial score (nSPS) is 30.2. The van der Waals surface area contributed by atoms with Gasteiger partial charge in [-0.1, -0.05) is 30.0 Å². The smallest absolute Gasteiger partial charge is 0.0720 e. The van der Waals surface area contributed by atoms with Crippen molar-refractivity contribution in [3.05, 3.63) is 35.4 Å². The highest BCUT2D eigenvalue weighted by molar-refractivity contribution is 8.14. The Kier molecular flexibility index (Phi) is 4.40. The number of hydrogen-bond acceptors (Lipinski definition) is 3. The van der Waals surface area contributed by atoms with Crippen molar-refractivity contribution in [2.75, 3.05) is 0 Å². The van der Waals surface area contributed by atoms with Crippen molar-refractivity contribution < 1.29 is 0 Å². The van der Waals surface area contributed by atoms with E-state index in [0.29, 0.717) is 0 Å². The predicted molar refractivity (Wildman–Crippen MR) is 60.7 cm³/mol. The van der Waals surface area contributed by atoms with Gasteiger partial charge in [-0.2, -0.15) is 0 Å². The third kappa shape index (κ3) is 3.99. The Hall–Kier alpha value is -0.960. The Morgan fingerprint density at radius 2 is 2.54 bits per heavy atom. The van der Waals surface area contributed by atoms with Gasteiger partial charge in [-0.05, 0) is 24.8 Å². The van der Waals surface area contributed by atoms with Crippen molar-refractivity contribution >= 4 is 17.3 Å². The van der Waals surface area contributed by atoms with E-state index >= 15 is 0 Å². The zero-order valence-electron chi connectivity index (χ0n) is 7.68. The lowest BCUT2D eigenvalue weighted by atomic mass is 10.2. The highest BCUT2D eigenvalue weighted by Crippen LogP contribution is 2.09. The summed E-state index contributed by atoms with van der Waals surface area (Å²) in [5.41, 5.74) is 8.29. The second-order valence-electron chi connectivity index (χ2n) is 2.74. The van der Waals surface area contributed by atoms with Gasteiger partial charge in [-0.25, -0.2) is 0 Å². The van der Waals surface area contributed by atoms with Crippen LogP contribution in [-0.2, 0) is 0 Å². The van der Waals surface area contributed by atoms with E-state index in [-0.39, 0.29) is 6.04 Å². The van der Waals surface area contributed by atoms with E-state index < -0.39 is 0 Å². The number of nitrogens with zero attached hydrogens (tertiary/aromatic N) is 1. The van der Waals surface area contributed by atoms with E-state index in [1.54, 1.807) is 0 Å². The largest absolute Gasteiger partial charge is 0.398 e. The molecule has 13 heavy (non-hydrogen) atoms. The Labute approximate surface area is 83.3 Å². The minimum Gasteiger partial charge on any atom is -0.398 e. The topological polar surface area (TPSA) is 38.4 Å². The zero-order chi connectivity index (χ0) is 9.52. The fourth-order valence-electron chi connectivity index (χ4n) is 1.02. The Morgan fingerprint density at radius 1 is 1.69 bits per heavy atom. The summed E-state index contributed by atoms with van der Waals surface area (Å²) in [7, 11) is 0. The van der Waals surface area contributed by atoms with Gasteiger partial charge in [0.05, 0.1) is 11.6 Å². The summed E-state index contributed by atoms with van der Waals surface area (Å²) in [5.74, 6) is 0. The second kappa shape index (κ2) is 5.65. The van der Waals surface area contributed by atoms with Crippen LogP contribution in [0.4, 0.5) is 0 Å². The second-order valence-corrected chi connectivity index (χ2v) is 3.46. The van der Waals surface area contributed by atoms with Crippen LogP contribution in [0.15, 0.2) is 40.4 Å². The standard InChI is InChI=1S/C10H14N2S/c1-2-4-10-6-3-5-9(11)7-13-8-12-10/h2-5,7-8,10H,6,11H2,1H3/b4-2+,5-3+,9-7+,12-8?. The van der Waals surface area contributed by atoms with E-state index in [1.807, 2.05) is 30.0 Å². The highest BCUT2D eigenvalue weighted by Gasteiger charge is 1.98. The van der Waals surface area contributed by atoms with Gasteiger partial charge >= 0.3 is 0 Å². The van der Waals surface area contributed by atoms with Crippen LogP contribution in [0.2, 0.25) is 0 Å². The molecular weight excluding hydrogens is 180 g/mol. The van der Waals surface area contributed by atoms with Gasteiger partial charge in [0.15, 0.2) is 0 Å². The predicted octanol–water partition coefficient (Wildman–Crippen LogP) is 2.45. The Bertz CT molecular complexity index is 264. The number of aliphatic imine (C=N–C) groups is 1. The first kappa shape index (κ1) is 10.1. The van der Waals surface area contributed by atoms with Crippen molar-refractivity contribution in [2.45, 2.75) is 19.4 Å². The molecule has 0 aromatic carbocycles. The first-order valence-electron chi connectivity index (χ1n) is 4.25. The summed E-state index contributed by atoms with van der Waals surface area (Å²) in [6.45, 7) is 2.01. The average molecular weight is 194 g/mol. The van der Waals surface area contributed by atoms with Crippen molar-refractivity contribution in [2.24, 2.45) is 10.7 Å². The summed E-state index contributed by atoms with van der Waals surface area (Å²) in [5, 5.41) is 1.89. The molecule has 1 aliphatic heterocycles. The van der Waals surface area contributed by atoms with E-state index in [1.165, 1.54) is 11.8 Å². The molecule has 2 N–H and O–H groups in total. The van der Waals surface area contributed by atoms with Gasteiger partial charge in [0.2, 0.25) is 0 Å². The summed E-state index contributed by atoms with van der Waals surface area (Å²) >= 11 is 1.52. The van der Waals surface area contributed by atoms with Crippen LogP contribution in [0, 0.1) is 0 Å². The van der Waals surface area contributed by atoms with Crippen LogP contribution >= 0.6 is 11.8 Å². The number of nitrogens with two attached hydrogens (primary N) is 1. The first-order valence-corrected chi connectivity index (χ1v) is 5.19. The molecule has 1 aliphatic rings. The van der Waals surface area contributed by atoms with Crippen LogP contribution in [0.5, 0.6) is 0 Å². The van der Waals surface area contributed by atoms with Gasteiger partial charge in [0.25, 0.3) is 0 Å². The van der Waals surface area contributed by atoms with Crippen LogP contribution in [-0.4, -0.2) is 11.6 Å². The summed E-state index contributed by atoms with van der Waals surface area (Å²) in [4.78, 5) is 4.37. The van der Waals surface area contributed by atoms with Gasteiger partial charge in [-0.15, -0.1) is 0 Å². The van der Waals surface area contributed by atoms with Crippen molar-refractivity contribution in [1.82, 2.24) is 0 Å². The maximum atomic E-state index is 5.67. The molecule has 0 radical (unpaired) electrons. The highest BCUT2D eigenvalue weighted by atomic mass is 32.2. The SMILES string of the molecule is C/C=C/C1C/C=C/C(N)=C\SC=N1. The quantitative estimate of drug-likeness (QED) is 0.651. The van der Waals surface area contributed by atoms with Crippen LogP contribution < -0.4 is 5.73 Å². The number of hydrogen-bond donors (Lipinski definition) is 1. The minimum atomic E-state index is 0.257. The molecule has 0 saturated carbocycles. The molecule has 1 rings (SSSR count). The molecule has 70 valence electrons. The molecule has 0 aromatic heterocycles. The maximum Gasteiger partial charge on any atom is 0.0720 e. The fraction of sp³-hybridized carbons (Fsp3) is 0.300. The molecule has 3 heteroatoms. The third-order valence-electron chi connectivity index (χ3n) is 1.62. The van der Waals surface area contributed by atoms with Crippen molar-refractivity contribution in [3.63, 3.8) is 0 Å². The van der Waals surface area contributed by atoms with E-state index in [9.17, 15) is 0 Å². The summed E-state index contributed by atoms with van der Waals surface area (Å²) in [6, 6.07) is 0.257. The molecule has 0 amide bonds. The molecule has 1 atom stereocenters. The third-order valence-corrected chi connectivity index (χ3v) is 2.27. The van der Waals surface area contributed by atoms with Crippen molar-refractivity contribution in [3.8, 4) is 0 Å². The van der Waals surface area contributed by atoms with Gasteiger partial charge in [0.1, 0.15) is 0 Å². The first-order chi connectivity index (χ1) is 6.33.